The molecule has 370 valence electrons. The minimum absolute atomic E-state index is 0.0109. The molecule has 9 unspecified atom stereocenters. The van der Waals surface area contributed by atoms with Crippen LogP contribution in [0.1, 0.15) is 39.8 Å². The molecule has 0 amide bonds. The summed E-state index contributed by atoms with van der Waals surface area (Å²) in [4.78, 5) is 1.01. The van der Waals surface area contributed by atoms with Gasteiger partial charge in [-0.25, -0.2) is 0 Å². The molecule has 11 heteroatoms. The minimum atomic E-state index is -1.25. The highest BCUT2D eigenvalue weighted by Crippen LogP contribution is 2.35. The van der Waals surface area contributed by atoms with E-state index < -0.39 is 54.5 Å². The van der Waals surface area contributed by atoms with Crippen molar-refractivity contribution in [3.05, 3.63) is 246 Å². The molecule has 0 aliphatic carbocycles. The Hall–Kier alpha value is -5.51. The van der Waals surface area contributed by atoms with E-state index in [4.69, 9.17) is 37.9 Å². The molecule has 0 radical (unpaired) electrons. The maximum absolute atomic E-state index is 12.6. The number of ether oxygens (including phenoxy) is 8. The lowest BCUT2D eigenvalue weighted by Gasteiger charge is -2.46. The summed E-state index contributed by atoms with van der Waals surface area (Å²) in [6.45, 7) is 1.35. The molecule has 1 heterocycles. The lowest BCUT2D eigenvalue weighted by molar-refractivity contribution is -0.342. The van der Waals surface area contributed by atoms with E-state index in [1.807, 2.05) is 200 Å². The number of aliphatic hydroxyl groups is 2. The van der Waals surface area contributed by atoms with Gasteiger partial charge in [-0.2, -0.15) is 0 Å². The van der Waals surface area contributed by atoms with E-state index in [0.717, 1.165) is 38.3 Å². The molecule has 7 aromatic rings. The van der Waals surface area contributed by atoms with Crippen molar-refractivity contribution < 1.29 is 48.1 Å². The summed E-state index contributed by atoms with van der Waals surface area (Å²) < 4.78 is 53.8. The van der Waals surface area contributed by atoms with Crippen molar-refractivity contribution in [2.45, 2.75) is 105 Å². The lowest BCUT2D eigenvalue weighted by Crippen LogP contribution is -2.62. The summed E-state index contributed by atoms with van der Waals surface area (Å²) in [5.41, 5.74) is 5.24. The van der Waals surface area contributed by atoms with Crippen molar-refractivity contribution in [2.75, 3.05) is 13.2 Å². The van der Waals surface area contributed by atoms with Crippen LogP contribution >= 0.6 is 11.8 Å². The fraction of sp³-hybridized carbons (Fsp3) is 0.300. The molecule has 1 aliphatic rings. The molecule has 0 bridgehead atoms. The second-order valence-corrected chi connectivity index (χ2v) is 18.7. The first-order chi connectivity index (χ1) is 35.0. The normalized spacial score (nSPS) is 19.7. The second-order valence-electron chi connectivity index (χ2n) is 17.5. The van der Waals surface area contributed by atoms with Gasteiger partial charge in [-0.1, -0.05) is 212 Å². The summed E-state index contributed by atoms with van der Waals surface area (Å²) in [6, 6.07) is 69.3. The fourth-order valence-electron chi connectivity index (χ4n) is 8.28. The molecule has 8 rings (SSSR count). The highest BCUT2D eigenvalue weighted by molar-refractivity contribution is 7.99. The summed E-state index contributed by atoms with van der Waals surface area (Å²) in [6.07, 6.45) is -8.19. The second kappa shape index (κ2) is 28.5. The topological polar surface area (TPSA) is 114 Å². The fourth-order valence-corrected chi connectivity index (χ4v) is 9.32. The van der Waals surface area contributed by atoms with Gasteiger partial charge in [0.15, 0.2) is 6.29 Å². The van der Waals surface area contributed by atoms with Crippen molar-refractivity contribution in [3.63, 3.8) is 0 Å². The van der Waals surface area contributed by atoms with Gasteiger partial charge >= 0.3 is 0 Å². The van der Waals surface area contributed by atoms with Crippen molar-refractivity contribution in [3.8, 4) is 0 Å². The first-order valence-corrected chi connectivity index (χ1v) is 25.2. The van der Waals surface area contributed by atoms with Gasteiger partial charge < -0.3 is 48.1 Å². The zero-order valence-corrected chi connectivity index (χ0v) is 40.7. The van der Waals surface area contributed by atoms with Gasteiger partial charge in [0.05, 0.1) is 59.0 Å². The van der Waals surface area contributed by atoms with Gasteiger partial charge in [0.1, 0.15) is 42.1 Å². The van der Waals surface area contributed by atoms with Crippen LogP contribution in [0.5, 0.6) is 0 Å². The molecule has 0 spiro atoms. The Morgan fingerprint density at radius 1 is 0.465 bits per heavy atom. The number of hydrogen-bond acceptors (Lipinski definition) is 11. The highest BCUT2D eigenvalue weighted by atomic mass is 32.2. The van der Waals surface area contributed by atoms with Gasteiger partial charge in [-0.3, -0.25) is 0 Å². The van der Waals surface area contributed by atoms with Gasteiger partial charge in [-0.05, 0) is 45.5 Å². The van der Waals surface area contributed by atoms with Crippen LogP contribution in [0.4, 0.5) is 0 Å². The van der Waals surface area contributed by atoms with Crippen LogP contribution in [0.3, 0.4) is 0 Å². The Labute approximate surface area is 422 Å². The molecule has 9 atom stereocenters. The number of hydrogen-bond donors (Lipinski definition) is 2. The highest BCUT2D eigenvalue weighted by Gasteiger charge is 2.50. The number of rotatable bonds is 28. The standard InChI is InChI=1S/C60H64O10S/c61-52(43-63-37-45-22-8-1-9-23-45)57(53(65-39-47-26-12-3-13-27-47)36-55(71-51-34-20-7-21-35-51)66-40-48-28-14-4-15-29-48)70-60-59(68-42-50-32-18-6-19-33-50)58(67-41-49-30-16-5-17-31-49)56(62)54(69-60)44-64-38-46-24-10-2-11-25-46/h1-35,52-62H,36-44H2. The zero-order chi connectivity index (χ0) is 48.7. The third kappa shape index (κ3) is 16.8. The van der Waals surface area contributed by atoms with Gasteiger partial charge in [-0.15, -0.1) is 0 Å². The average molecular weight is 977 g/mol. The Bertz CT molecular complexity index is 2480. The van der Waals surface area contributed by atoms with E-state index in [-0.39, 0.29) is 46.1 Å². The Kier molecular flexibility index (Phi) is 20.8. The molecule has 71 heavy (non-hydrogen) atoms. The first-order valence-electron chi connectivity index (χ1n) is 24.3. The zero-order valence-electron chi connectivity index (χ0n) is 39.8. The number of thioether (sulfide) groups is 1. The van der Waals surface area contributed by atoms with E-state index >= 15 is 0 Å². The summed E-state index contributed by atoms with van der Waals surface area (Å²) in [5, 5.41) is 24.9. The molecule has 1 saturated heterocycles. The van der Waals surface area contributed by atoms with Crippen molar-refractivity contribution in [1.82, 2.24) is 0 Å². The summed E-state index contributed by atoms with van der Waals surface area (Å²) in [5.74, 6) is 0. The molecule has 10 nitrogen and oxygen atoms in total. The van der Waals surface area contributed by atoms with E-state index in [1.54, 1.807) is 11.8 Å². The smallest absolute Gasteiger partial charge is 0.187 e. The maximum atomic E-state index is 12.6. The largest absolute Gasteiger partial charge is 0.388 e. The van der Waals surface area contributed by atoms with Gasteiger partial charge in [0.2, 0.25) is 0 Å². The summed E-state index contributed by atoms with van der Waals surface area (Å²) >= 11 is 1.57. The molecule has 0 aromatic heterocycles. The lowest BCUT2D eigenvalue weighted by atomic mass is 9.97. The third-order valence-corrected chi connectivity index (χ3v) is 13.2. The van der Waals surface area contributed by atoms with Crippen LogP contribution in [0.25, 0.3) is 0 Å². The van der Waals surface area contributed by atoms with Crippen LogP contribution in [0, 0.1) is 0 Å². The van der Waals surface area contributed by atoms with Gasteiger partial charge in [0, 0.05) is 11.3 Å². The average Bonchev–Trinajstić information content (AvgIpc) is 3.42. The molecular weight excluding hydrogens is 913 g/mol. The van der Waals surface area contributed by atoms with Crippen LogP contribution in [-0.2, 0) is 77.5 Å². The number of aliphatic hydroxyl groups excluding tert-OH is 2. The predicted molar refractivity (Wildman–Crippen MR) is 275 cm³/mol. The molecule has 7 aromatic carbocycles. The van der Waals surface area contributed by atoms with Crippen molar-refractivity contribution in [1.29, 1.82) is 0 Å². The SMILES string of the molecule is OC(COCc1ccccc1)C(OC1OC(COCc2ccccc2)C(O)C(OCc2ccccc2)C1OCc1ccccc1)C(CC(OCc1ccccc1)Sc1ccccc1)OCc1ccccc1. The van der Waals surface area contributed by atoms with E-state index in [2.05, 4.69) is 12.1 Å². The quantitative estimate of drug-likeness (QED) is 0.0361. The van der Waals surface area contributed by atoms with E-state index in [0.29, 0.717) is 13.2 Å². The molecule has 2 N–H and O–H groups in total. The molecule has 1 aliphatic heterocycles. The van der Waals surface area contributed by atoms with Crippen LogP contribution in [0.15, 0.2) is 217 Å². The van der Waals surface area contributed by atoms with Crippen LogP contribution in [0.2, 0.25) is 0 Å². The monoisotopic (exact) mass is 976 g/mol. The minimum Gasteiger partial charge on any atom is -0.388 e. The maximum Gasteiger partial charge on any atom is 0.187 e. The predicted octanol–water partition coefficient (Wildman–Crippen LogP) is 10.7. The molecular formula is C60H64O10S. The first kappa shape index (κ1) is 51.8. The van der Waals surface area contributed by atoms with Crippen molar-refractivity contribution in [2.24, 2.45) is 0 Å². The van der Waals surface area contributed by atoms with E-state index in [9.17, 15) is 10.2 Å². The Balaban J connectivity index is 1.15. The van der Waals surface area contributed by atoms with Crippen LogP contribution < -0.4 is 0 Å². The Morgan fingerprint density at radius 3 is 1.37 bits per heavy atom. The molecule has 0 saturated carbocycles. The third-order valence-electron chi connectivity index (χ3n) is 12.0. The van der Waals surface area contributed by atoms with E-state index in [1.165, 1.54) is 0 Å². The summed E-state index contributed by atoms with van der Waals surface area (Å²) in [7, 11) is 0. The van der Waals surface area contributed by atoms with Crippen LogP contribution in [-0.4, -0.2) is 77.9 Å². The number of benzene rings is 7. The Morgan fingerprint density at radius 2 is 0.873 bits per heavy atom. The van der Waals surface area contributed by atoms with Crippen molar-refractivity contribution >= 4 is 11.8 Å². The molecule has 1 fully saturated rings. The van der Waals surface area contributed by atoms with Gasteiger partial charge in [0.25, 0.3) is 0 Å².